The van der Waals surface area contributed by atoms with E-state index >= 15 is 0 Å². The van der Waals surface area contributed by atoms with Gasteiger partial charge in [-0.05, 0) is 38.0 Å². The lowest BCUT2D eigenvalue weighted by atomic mass is 10.0. The number of halogens is 3. The van der Waals surface area contributed by atoms with Gasteiger partial charge in [-0.15, -0.1) is 0 Å². The van der Waals surface area contributed by atoms with Crippen LogP contribution in [-0.4, -0.2) is 47.9 Å². The van der Waals surface area contributed by atoms with Gasteiger partial charge in [0.05, 0.1) is 24.9 Å². The van der Waals surface area contributed by atoms with E-state index in [1.54, 1.807) is 24.3 Å². The summed E-state index contributed by atoms with van der Waals surface area (Å²) < 4.78 is 52.1. The Bertz CT molecular complexity index is 1110. The van der Waals surface area contributed by atoms with Crippen LogP contribution in [0.5, 0.6) is 5.75 Å². The normalized spacial score (nSPS) is 19.4. The van der Waals surface area contributed by atoms with Crippen molar-refractivity contribution in [2.24, 2.45) is 0 Å². The standard InChI is InChI=1S/C18H19F3N4O2.C6H7N/c1-25-15(11-5-13(20)14(21)6-12(11)19)9-27-16-7-22-18(24-17(16)25)23-10-3-2-4-26-8-10;1-6-4-2-3-5-7-6/h5-7,10,15H,2-4,8-9H2,1H3,(H,22,23,24);2-5H,1H3. The SMILES string of the molecule is CN1c2nc(NC3CCCOC3)ncc2OCC1c1cc(F)c(F)cc1F.Cc1ccccn1. The fraction of sp³-hybridized carbons (Fsp3) is 0.375. The van der Waals surface area contributed by atoms with Crippen LogP contribution >= 0.6 is 0 Å². The van der Waals surface area contributed by atoms with Crippen molar-refractivity contribution in [2.75, 3.05) is 37.1 Å². The van der Waals surface area contributed by atoms with Crippen LogP contribution in [0.25, 0.3) is 0 Å². The molecule has 1 fully saturated rings. The first-order valence-corrected chi connectivity index (χ1v) is 11.0. The molecule has 5 rings (SSSR count). The van der Waals surface area contributed by atoms with Crippen LogP contribution in [0.4, 0.5) is 24.9 Å². The van der Waals surface area contributed by atoms with Gasteiger partial charge in [0.25, 0.3) is 0 Å². The van der Waals surface area contributed by atoms with E-state index in [4.69, 9.17) is 9.47 Å². The predicted octanol–water partition coefficient (Wildman–Crippen LogP) is 4.44. The van der Waals surface area contributed by atoms with E-state index in [-0.39, 0.29) is 18.2 Å². The molecule has 0 amide bonds. The molecular weight excluding hydrogens is 447 g/mol. The molecule has 34 heavy (non-hydrogen) atoms. The van der Waals surface area contributed by atoms with Crippen LogP contribution < -0.4 is 15.0 Å². The lowest BCUT2D eigenvalue weighted by Gasteiger charge is -2.35. The van der Waals surface area contributed by atoms with Gasteiger partial charge in [0, 0.05) is 37.2 Å². The average Bonchev–Trinajstić information content (AvgIpc) is 2.84. The fourth-order valence-electron chi connectivity index (χ4n) is 3.79. The summed E-state index contributed by atoms with van der Waals surface area (Å²) in [5.41, 5.74) is 1.08. The molecule has 0 saturated carbocycles. The third kappa shape index (κ3) is 5.56. The Kier molecular flexibility index (Phi) is 7.46. The molecule has 7 nitrogen and oxygen atoms in total. The number of likely N-dealkylation sites (N-methyl/N-ethyl adjacent to an activating group) is 1. The zero-order valence-corrected chi connectivity index (χ0v) is 19.0. The molecule has 3 aromatic rings. The topological polar surface area (TPSA) is 72.4 Å². The molecule has 1 N–H and O–H groups in total. The maximum Gasteiger partial charge on any atom is 0.225 e. The largest absolute Gasteiger partial charge is 0.486 e. The van der Waals surface area contributed by atoms with Crippen LogP contribution in [0, 0.1) is 24.4 Å². The van der Waals surface area contributed by atoms with Crippen molar-refractivity contribution in [3.05, 3.63) is 71.4 Å². The second-order valence-corrected chi connectivity index (χ2v) is 8.14. The Morgan fingerprint density at radius 3 is 2.56 bits per heavy atom. The van der Waals surface area contributed by atoms with Crippen LogP contribution in [0.15, 0.2) is 42.7 Å². The zero-order chi connectivity index (χ0) is 24.1. The number of nitrogens with one attached hydrogen (secondary N) is 1. The highest BCUT2D eigenvalue weighted by Crippen LogP contribution is 2.38. The molecular formula is C24H26F3N5O2. The Hall–Kier alpha value is -3.40. The number of nitrogens with zero attached hydrogens (tertiary/aromatic N) is 4. The lowest BCUT2D eigenvalue weighted by Crippen LogP contribution is -2.36. The van der Waals surface area contributed by atoms with Crippen molar-refractivity contribution in [3.8, 4) is 5.75 Å². The average molecular weight is 473 g/mol. The summed E-state index contributed by atoms with van der Waals surface area (Å²) in [6.45, 7) is 3.37. The van der Waals surface area contributed by atoms with Gasteiger partial charge in [0.1, 0.15) is 12.4 Å². The quantitative estimate of drug-likeness (QED) is 0.564. The van der Waals surface area contributed by atoms with E-state index in [0.717, 1.165) is 31.2 Å². The minimum absolute atomic E-state index is 0.0100. The molecule has 2 atom stereocenters. The number of hydrogen-bond donors (Lipinski definition) is 1. The smallest absolute Gasteiger partial charge is 0.225 e. The van der Waals surface area contributed by atoms with Crippen molar-refractivity contribution in [1.29, 1.82) is 0 Å². The highest BCUT2D eigenvalue weighted by Gasteiger charge is 2.31. The summed E-state index contributed by atoms with van der Waals surface area (Å²) >= 11 is 0. The molecule has 0 spiro atoms. The Morgan fingerprint density at radius 2 is 1.88 bits per heavy atom. The van der Waals surface area contributed by atoms with Gasteiger partial charge in [-0.1, -0.05) is 6.07 Å². The number of pyridine rings is 1. The summed E-state index contributed by atoms with van der Waals surface area (Å²) in [7, 11) is 1.70. The van der Waals surface area contributed by atoms with Crippen molar-refractivity contribution in [3.63, 3.8) is 0 Å². The number of anilines is 2. The summed E-state index contributed by atoms with van der Waals surface area (Å²) in [5, 5.41) is 3.22. The van der Waals surface area contributed by atoms with E-state index in [1.807, 2.05) is 25.1 Å². The number of aromatic nitrogens is 3. The Balaban J connectivity index is 0.000000336. The predicted molar refractivity (Wildman–Crippen MR) is 121 cm³/mol. The van der Waals surface area contributed by atoms with Gasteiger partial charge in [0.2, 0.25) is 5.95 Å². The highest BCUT2D eigenvalue weighted by molar-refractivity contribution is 5.57. The molecule has 0 radical (unpaired) electrons. The molecule has 10 heteroatoms. The third-order valence-electron chi connectivity index (χ3n) is 5.64. The zero-order valence-electron chi connectivity index (χ0n) is 19.0. The number of hydrogen-bond acceptors (Lipinski definition) is 7. The number of rotatable bonds is 3. The Labute approximate surface area is 196 Å². The van der Waals surface area contributed by atoms with Crippen LogP contribution in [-0.2, 0) is 4.74 Å². The Morgan fingerprint density at radius 1 is 1.06 bits per heavy atom. The van der Waals surface area contributed by atoms with Gasteiger partial charge in [-0.25, -0.2) is 18.2 Å². The van der Waals surface area contributed by atoms with E-state index in [9.17, 15) is 13.2 Å². The van der Waals surface area contributed by atoms with E-state index in [2.05, 4.69) is 20.3 Å². The van der Waals surface area contributed by atoms with E-state index in [0.29, 0.717) is 30.2 Å². The fourth-order valence-corrected chi connectivity index (χ4v) is 3.79. The highest BCUT2D eigenvalue weighted by atomic mass is 19.2. The first-order chi connectivity index (χ1) is 16.4. The molecule has 1 saturated heterocycles. The summed E-state index contributed by atoms with van der Waals surface area (Å²) in [6, 6.07) is 6.73. The van der Waals surface area contributed by atoms with Gasteiger partial charge in [-0.3, -0.25) is 4.98 Å². The lowest BCUT2D eigenvalue weighted by molar-refractivity contribution is 0.0874. The molecule has 2 unspecified atom stereocenters. The van der Waals surface area contributed by atoms with Gasteiger partial charge >= 0.3 is 0 Å². The van der Waals surface area contributed by atoms with Crippen molar-refractivity contribution in [2.45, 2.75) is 31.8 Å². The van der Waals surface area contributed by atoms with Crippen LogP contribution in [0.2, 0.25) is 0 Å². The monoisotopic (exact) mass is 473 g/mol. The maximum absolute atomic E-state index is 14.2. The van der Waals surface area contributed by atoms with Gasteiger partial charge < -0.3 is 19.7 Å². The first-order valence-electron chi connectivity index (χ1n) is 11.0. The van der Waals surface area contributed by atoms with Gasteiger partial charge in [0.15, 0.2) is 23.2 Å². The first kappa shape index (κ1) is 23.7. The van der Waals surface area contributed by atoms with Crippen molar-refractivity contribution in [1.82, 2.24) is 15.0 Å². The minimum atomic E-state index is -1.22. The summed E-state index contributed by atoms with van der Waals surface area (Å²) in [6.07, 6.45) is 5.25. The number of aryl methyl sites for hydroxylation is 1. The van der Waals surface area contributed by atoms with Crippen LogP contribution in [0.3, 0.4) is 0 Å². The molecule has 0 aliphatic carbocycles. The second-order valence-electron chi connectivity index (χ2n) is 8.14. The number of fused-ring (bicyclic) bond motifs is 1. The molecule has 1 aromatic carbocycles. The molecule has 180 valence electrons. The van der Waals surface area contributed by atoms with Crippen molar-refractivity contribution >= 4 is 11.8 Å². The van der Waals surface area contributed by atoms with E-state index in [1.165, 1.54) is 0 Å². The molecule has 2 aromatic heterocycles. The molecule has 2 aliphatic rings. The van der Waals surface area contributed by atoms with Crippen molar-refractivity contribution < 1.29 is 22.6 Å². The van der Waals surface area contributed by atoms with Gasteiger partial charge in [-0.2, -0.15) is 4.98 Å². The third-order valence-corrected chi connectivity index (χ3v) is 5.64. The minimum Gasteiger partial charge on any atom is -0.486 e. The molecule has 0 bridgehead atoms. The maximum atomic E-state index is 14.2. The molecule has 4 heterocycles. The van der Waals surface area contributed by atoms with Crippen LogP contribution in [0.1, 0.15) is 30.1 Å². The molecule has 2 aliphatic heterocycles. The summed E-state index contributed by atoms with van der Waals surface area (Å²) in [5.74, 6) is -1.85. The summed E-state index contributed by atoms with van der Waals surface area (Å²) in [4.78, 5) is 14.4. The van der Waals surface area contributed by atoms with E-state index < -0.39 is 23.5 Å². The second kappa shape index (κ2) is 10.7. The number of benzene rings is 1. The number of ether oxygens (including phenoxy) is 2.